The van der Waals surface area contributed by atoms with Gasteiger partial charge in [0, 0.05) is 11.5 Å². The van der Waals surface area contributed by atoms with Crippen molar-refractivity contribution in [2.75, 3.05) is 11.9 Å². The third-order valence-electron chi connectivity index (χ3n) is 4.62. The van der Waals surface area contributed by atoms with Crippen LogP contribution < -0.4 is 5.32 Å². The summed E-state index contributed by atoms with van der Waals surface area (Å²) >= 11 is 3.66. The normalized spacial score (nSPS) is 24.2. The van der Waals surface area contributed by atoms with Crippen LogP contribution in [0.3, 0.4) is 0 Å². The molecule has 3 unspecified atom stereocenters. The van der Waals surface area contributed by atoms with Crippen LogP contribution in [0, 0.1) is 5.92 Å². The van der Waals surface area contributed by atoms with Gasteiger partial charge in [0.1, 0.15) is 17.6 Å². The Hall–Kier alpha value is -2.08. The summed E-state index contributed by atoms with van der Waals surface area (Å²) < 4.78 is 8.12. The molecule has 0 radical (unpaired) electrons. The van der Waals surface area contributed by atoms with Crippen molar-refractivity contribution in [3.8, 4) is 11.3 Å². The van der Waals surface area contributed by atoms with Gasteiger partial charge < -0.3 is 10.1 Å². The van der Waals surface area contributed by atoms with E-state index in [9.17, 15) is 4.79 Å². The van der Waals surface area contributed by atoms with E-state index in [-0.39, 0.29) is 24.0 Å². The Kier molecular flexibility index (Phi) is 3.92. The molecule has 1 aliphatic carbocycles. The standard InChI is InChI=1S/C18H18BrN3O2/c1-2-24-18(23)16-12-9-6-10-13(12)22-17(20-16)14(19)15(21-22)11-7-4-3-5-8-11/h3-8,10,12-13,16,20H,2,9H2,1H3. The Labute approximate surface area is 148 Å². The minimum absolute atomic E-state index is 0.0735. The quantitative estimate of drug-likeness (QED) is 0.642. The number of carbonyl (C=O) groups is 1. The van der Waals surface area contributed by atoms with Gasteiger partial charge in [-0.05, 0) is 29.3 Å². The lowest BCUT2D eigenvalue weighted by Crippen LogP contribution is -2.45. The smallest absolute Gasteiger partial charge is 0.328 e. The van der Waals surface area contributed by atoms with Crippen LogP contribution in [-0.4, -0.2) is 28.4 Å². The number of nitrogens with zero attached hydrogens (tertiary/aromatic N) is 2. The van der Waals surface area contributed by atoms with Gasteiger partial charge in [0.25, 0.3) is 0 Å². The van der Waals surface area contributed by atoms with Gasteiger partial charge in [0.2, 0.25) is 0 Å². The maximum Gasteiger partial charge on any atom is 0.328 e. The number of esters is 1. The molecular weight excluding hydrogens is 370 g/mol. The Morgan fingerprint density at radius 2 is 2.21 bits per heavy atom. The maximum atomic E-state index is 12.4. The average Bonchev–Trinajstić information content (AvgIpc) is 3.20. The summed E-state index contributed by atoms with van der Waals surface area (Å²) in [4.78, 5) is 12.4. The number of allylic oxidation sites excluding steroid dienone is 2. The molecule has 3 atom stereocenters. The summed E-state index contributed by atoms with van der Waals surface area (Å²) in [6.07, 6.45) is 5.10. The van der Waals surface area contributed by atoms with E-state index in [1.54, 1.807) is 0 Å². The van der Waals surface area contributed by atoms with Crippen LogP contribution in [0.2, 0.25) is 0 Å². The van der Waals surface area contributed by atoms with Gasteiger partial charge in [0.15, 0.2) is 0 Å². The van der Waals surface area contributed by atoms with Crippen molar-refractivity contribution < 1.29 is 9.53 Å². The topological polar surface area (TPSA) is 56.1 Å². The fraction of sp³-hybridized carbons (Fsp3) is 0.333. The van der Waals surface area contributed by atoms with Crippen LogP contribution in [0.25, 0.3) is 11.3 Å². The number of halogens is 1. The summed E-state index contributed by atoms with van der Waals surface area (Å²) in [5.41, 5.74) is 1.92. The molecule has 1 aliphatic heterocycles. The van der Waals surface area contributed by atoms with Crippen molar-refractivity contribution in [3.63, 3.8) is 0 Å². The van der Waals surface area contributed by atoms with Crippen LogP contribution in [0.1, 0.15) is 19.4 Å². The van der Waals surface area contributed by atoms with Crippen molar-refractivity contribution in [3.05, 3.63) is 47.0 Å². The van der Waals surface area contributed by atoms with Crippen molar-refractivity contribution in [2.45, 2.75) is 25.4 Å². The highest BCUT2D eigenvalue weighted by molar-refractivity contribution is 9.10. The summed E-state index contributed by atoms with van der Waals surface area (Å²) in [5.74, 6) is 0.767. The first kappa shape index (κ1) is 15.4. The molecule has 0 bridgehead atoms. The molecule has 0 spiro atoms. The van der Waals surface area contributed by atoms with E-state index in [0.717, 1.165) is 28.0 Å². The number of ether oxygens (including phenoxy) is 1. The summed E-state index contributed by atoms with van der Waals surface area (Å²) in [7, 11) is 0. The molecule has 5 nitrogen and oxygen atoms in total. The number of benzene rings is 1. The third kappa shape index (κ3) is 2.36. The fourth-order valence-corrected chi connectivity index (χ4v) is 4.12. The van der Waals surface area contributed by atoms with Gasteiger partial charge in [-0.2, -0.15) is 5.10 Å². The van der Waals surface area contributed by atoms with E-state index in [2.05, 4.69) is 33.4 Å². The van der Waals surface area contributed by atoms with Crippen molar-refractivity contribution in [2.24, 2.45) is 5.92 Å². The van der Waals surface area contributed by atoms with E-state index < -0.39 is 0 Å². The predicted molar refractivity (Wildman–Crippen MR) is 95.7 cm³/mol. The molecule has 0 amide bonds. The number of carbonyl (C=O) groups excluding carboxylic acids is 1. The first-order chi connectivity index (χ1) is 11.7. The minimum Gasteiger partial charge on any atom is -0.464 e. The second-order valence-corrected chi connectivity index (χ2v) is 6.81. The van der Waals surface area contributed by atoms with E-state index >= 15 is 0 Å². The number of hydrogen-bond acceptors (Lipinski definition) is 4. The highest BCUT2D eigenvalue weighted by atomic mass is 79.9. The minimum atomic E-state index is -0.353. The first-order valence-electron chi connectivity index (χ1n) is 8.14. The Balaban J connectivity index is 1.78. The van der Waals surface area contributed by atoms with Crippen LogP contribution in [0.15, 0.2) is 47.0 Å². The van der Waals surface area contributed by atoms with Crippen molar-refractivity contribution in [1.29, 1.82) is 0 Å². The molecule has 1 aromatic carbocycles. The summed E-state index contributed by atoms with van der Waals surface area (Å²) in [5, 5.41) is 8.16. The number of rotatable bonds is 3. The monoisotopic (exact) mass is 387 g/mol. The first-order valence-corrected chi connectivity index (χ1v) is 8.93. The van der Waals surface area contributed by atoms with E-state index in [0.29, 0.717) is 6.61 Å². The molecular formula is C18H18BrN3O2. The van der Waals surface area contributed by atoms with Gasteiger partial charge in [-0.15, -0.1) is 0 Å². The number of nitrogens with one attached hydrogen (secondary N) is 1. The van der Waals surface area contributed by atoms with E-state index in [1.165, 1.54) is 0 Å². The van der Waals surface area contributed by atoms with Gasteiger partial charge in [0.05, 0.1) is 17.1 Å². The lowest BCUT2D eigenvalue weighted by atomic mass is 9.91. The van der Waals surface area contributed by atoms with E-state index in [4.69, 9.17) is 9.84 Å². The fourth-order valence-electron chi connectivity index (χ4n) is 3.51. The Morgan fingerprint density at radius 1 is 1.42 bits per heavy atom. The van der Waals surface area contributed by atoms with Crippen molar-refractivity contribution >= 4 is 27.7 Å². The molecule has 0 saturated heterocycles. The zero-order valence-electron chi connectivity index (χ0n) is 13.3. The largest absolute Gasteiger partial charge is 0.464 e. The zero-order chi connectivity index (χ0) is 16.7. The van der Waals surface area contributed by atoms with Crippen LogP contribution in [-0.2, 0) is 9.53 Å². The second-order valence-electron chi connectivity index (χ2n) is 6.01. The van der Waals surface area contributed by atoms with Crippen LogP contribution in [0.5, 0.6) is 0 Å². The molecule has 2 heterocycles. The molecule has 2 aromatic rings. The molecule has 4 rings (SSSR count). The second kappa shape index (κ2) is 6.09. The van der Waals surface area contributed by atoms with Gasteiger partial charge >= 0.3 is 5.97 Å². The Morgan fingerprint density at radius 3 is 2.96 bits per heavy atom. The molecule has 24 heavy (non-hydrogen) atoms. The molecule has 1 N–H and O–H groups in total. The highest BCUT2D eigenvalue weighted by Crippen LogP contribution is 2.45. The lowest BCUT2D eigenvalue weighted by Gasteiger charge is -2.34. The lowest BCUT2D eigenvalue weighted by molar-refractivity contribution is -0.145. The van der Waals surface area contributed by atoms with Gasteiger partial charge in [-0.3, -0.25) is 0 Å². The number of hydrogen-bond donors (Lipinski definition) is 1. The van der Waals surface area contributed by atoms with Crippen LogP contribution in [0.4, 0.5) is 5.82 Å². The van der Waals surface area contributed by atoms with E-state index in [1.807, 2.05) is 41.9 Å². The predicted octanol–water partition coefficient (Wildman–Crippen LogP) is 3.79. The highest BCUT2D eigenvalue weighted by Gasteiger charge is 2.43. The van der Waals surface area contributed by atoms with Crippen molar-refractivity contribution in [1.82, 2.24) is 9.78 Å². The molecule has 2 aliphatic rings. The van der Waals surface area contributed by atoms with Crippen LogP contribution >= 0.6 is 15.9 Å². The molecule has 6 heteroatoms. The average molecular weight is 388 g/mol. The number of fused-ring (bicyclic) bond motifs is 3. The molecule has 1 aromatic heterocycles. The summed E-state index contributed by atoms with van der Waals surface area (Å²) in [6.45, 7) is 2.22. The SMILES string of the molecule is CCOC(=O)C1Nc2c(Br)c(-c3ccccc3)nn2C2C=CCC12. The molecule has 0 fully saturated rings. The zero-order valence-corrected chi connectivity index (χ0v) is 14.9. The number of anilines is 1. The van der Waals surface area contributed by atoms with Gasteiger partial charge in [-0.1, -0.05) is 42.5 Å². The maximum absolute atomic E-state index is 12.4. The molecule has 124 valence electrons. The third-order valence-corrected chi connectivity index (χ3v) is 5.37. The van der Waals surface area contributed by atoms with Gasteiger partial charge in [-0.25, -0.2) is 9.48 Å². The summed E-state index contributed by atoms with van der Waals surface area (Å²) in [6, 6.07) is 9.75. The molecule has 0 saturated carbocycles. The Bertz CT molecular complexity index is 800. The number of aromatic nitrogens is 2.